The quantitative estimate of drug-likeness (QED) is 0.878. The molecule has 0 aromatic carbocycles. The average Bonchev–Trinajstić information content (AvgIpc) is 3.17. The molecule has 3 aliphatic rings. The average molecular weight is 258 g/mol. The van der Waals surface area contributed by atoms with Gasteiger partial charge in [0, 0.05) is 36.3 Å². The van der Waals surface area contributed by atoms with E-state index in [0.29, 0.717) is 12.0 Å². The molecule has 4 nitrogen and oxygen atoms in total. The molecule has 0 atom stereocenters. The van der Waals surface area contributed by atoms with Gasteiger partial charge in [0.15, 0.2) is 0 Å². The van der Waals surface area contributed by atoms with Crippen molar-refractivity contribution in [3.8, 4) is 0 Å². The van der Waals surface area contributed by atoms with Gasteiger partial charge < -0.3 is 10.6 Å². The van der Waals surface area contributed by atoms with E-state index in [1.165, 1.54) is 36.3 Å². The third kappa shape index (κ3) is 2.12. The van der Waals surface area contributed by atoms with E-state index in [1.807, 2.05) is 0 Å². The maximum Gasteiger partial charge on any atom is 0.135 e. The molecule has 2 fully saturated rings. The number of rotatable bonds is 2. The third-order valence-electron chi connectivity index (χ3n) is 4.71. The molecule has 0 radical (unpaired) electrons. The minimum absolute atomic E-state index is 0.383. The number of anilines is 1. The summed E-state index contributed by atoms with van der Waals surface area (Å²) in [4.78, 5) is 12.2. The van der Waals surface area contributed by atoms with Crippen LogP contribution in [0.3, 0.4) is 0 Å². The summed E-state index contributed by atoms with van der Waals surface area (Å²) >= 11 is 0. The standard InChI is InChI=1S/C15H22N4/c16-11-6-8-19(9-7-11)15-12-2-1-3-13(12)17-14(18-15)10-4-5-10/h10-11H,1-9,16H2. The molecule has 4 heteroatoms. The van der Waals surface area contributed by atoms with E-state index in [2.05, 4.69) is 4.90 Å². The molecule has 2 N–H and O–H groups in total. The van der Waals surface area contributed by atoms with Gasteiger partial charge in [0.1, 0.15) is 11.6 Å². The van der Waals surface area contributed by atoms with Crippen molar-refractivity contribution in [3.05, 3.63) is 17.1 Å². The van der Waals surface area contributed by atoms with Gasteiger partial charge in [-0.2, -0.15) is 0 Å². The number of hydrogen-bond donors (Lipinski definition) is 1. The molecule has 2 heterocycles. The molecule has 1 aromatic rings. The number of nitrogens with two attached hydrogens (primary N) is 1. The molecule has 1 saturated carbocycles. The molecule has 0 unspecified atom stereocenters. The maximum absolute atomic E-state index is 6.02. The van der Waals surface area contributed by atoms with Gasteiger partial charge in [0.2, 0.25) is 0 Å². The highest BCUT2D eigenvalue weighted by Crippen LogP contribution is 2.40. The minimum atomic E-state index is 0.383. The first kappa shape index (κ1) is 11.6. The highest BCUT2D eigenvalue weighted by molar-refractivity contribution is 5.52. The summed E-state index contributed by atoms with van der Waals surface area (Å²) in [5.41, 5.74) is 8.78. The van der Waals surface area contributed by atoms with E-state index < -0.39 is 0 Å². The fourth-order valence-corrected chi connectivity index (χ4v) is 3.33. The van der Waals surface area contributed by atoms with Crippen molar-refractivity contribution >= 4 is 5.82 Å². The summed E-state index contributed by atoms with van der Waals surface area (Å²) in [6.45, 7) is 2.13. The van der Waals surface area contributed by atoms with Gasteiger partial charge in [0.25, 0.3) is 0 Å². The maximum atomic E-state index is 6.02. The van der Waals surface area contributed by atoms with Crippen LogP contribution in [-0.2, 0) is 12.8 Å². The van der Waals surface area contributed by atoms with E-state index >= 15 is 0 Å². The highest BCUT2D eigenvalue weighted by atomic mass is 15.2. The molecule has 19 heavy (non-hydrogen) atoms. The van der Waals surface area contributed by atoms with Crippen LogP contribution in [0.2, 0.25) is 0 Å². The number of aryl methyl sites for hydroxylation is 1. The molecule has 1 aromatic heterocycles. The van der Waals surface area contributed by atoms with Crippen molar-refractivity contribution in [2.45, 2.75) is 56.9 Å². The van der Waals surface area contributed by atoms with Gasteiger partial charge in [-0.15, -0.1) is 0 Å². The molecule has 4 rings (SSSR count). The van der Waals surface area contributed by atoms with Crippen LogP contribution in [0.15, 0.2) is 0 Å². The van der Waals surface area contributed by atoms with Crippen LogP contribution in [0.1, 0.15) is 55.1 Å². The lowest BCUT2D eigenvalue weighted by Gasteiger charge is -2.32. The van der Waals surface area contributed by atoms with Crippen molar-refractivity contribution in [2.24, 2.45) is 5.73 Å². The van der Waals surface area contributed by atoms with Gasteiger partial charge >= 0.3 is 0 Å². The van der Waals surface area contributed by atoms with Crippen molar-refractivity contribution in [2.75, 3.05) is 18.0 Å². The van der Waals surface area contributed by atoms with E-state index in [4.69, 9.17) is 15.7 Å². The number of nitrogens with zero attached hydrogens (tertiary/aromatic N) is 3. The van der Waals surface area contributed by atoms with E-state index in [9.17, 15) is 0 Å². The fraction of sp³-hybridized carbons (Fsp3) is 0.733. The lowest BCUT2D eigenvalue weighted by Crippen LogP contribution is -2.40. The largest absolute Gasteiger partial charge is 0.356 e. The van der Waals surface area contributed by atoms with Crippen molar-refractivity contribution in [1.82, 2.24) is 9.97 Å². The lowest BCUT2D eigenvalue weighted by molar-refractivity contribution is 0.497. The molecule has 0 spiro atoms. The summed E-state index contributed by atoms with van der Waals surface area (Å²) in [5.74, 6) is 3.01. The van der Waals surface area contributed by atoms with Gasteiger partial charge in [-0.1, -0.05) is 0 Å². The molecular weight excluding hydrogens is 236 g/mol. The molecule has 0 bridgehead atoms. The number of piperidine rings is 1. The molecule has 0 amide bonds. The molecule has 102 valence electrons. The van der Waals surface area contributed by atoms with E-state index in [1.54, 1.807) is 0 Å². The zero-order chi connectivity index (χ0) is 12.8. The Hall–Kier alpha value is -1.16. The SMILES string of the molecule is NC1CCN(c2nc(C3CC3)nc3c2CCC3)CC1. The van der Waals surface area contributed by atoms with E-state index in [0.717, 1.165) is 44.6 Å². The predicted octanol–water partition coefficient (Wildman–Crippen LogP) is 1.77. The minimum Gasteiger partial charge on any atom is -0.356 e. The van der Waals surface area contributed by atoms with Gasteiger partial charge in [0.05, 0.1) is 0 Å². The Bertz CT molecular complexity index is 487. The zero-order valence-corrected chi connectivity index (χ0v) is 11.4. The Morgan fingerprint density at radius 1 is 1.00 bits per heavy atom. The fourth-order valence-electron chi connectivity index (χ4n) is 3.33. The first-order valence-corrected chi connectivity index (χ1v) is 7.71. The first-order valence-electron chi connectivity index (χ1n) is 7.71. The van der Waals surface area contributed by atoms with Gasteiger partial charge in [-0.25, -0.2) is 9.97 Å². The first-order chi connectivity index (χ1) is 9.31. The normalized spacial score (nSPS) is 23.7. The second-order valence-electron chi connectivity index (χ2n) is 6.28. The monoisotopic (exact) mass is 258 g/mol. The Labute approximate surface area is 114 Å². The van der Waals surface area contributed by atoms with Crippen LogP contribution < -0.4 is 10.6 Å². The predicted molar refractivity (Wildman–Crippen MR) is 75.5 cm³/mol. The Kier molecular flexibility index (Phi) is 2.72. The Balaban J connectivity index is 1.69. The summed E-state index contributed by atoms with van der Waals surface area (Å²) in [7, 11) is 0. The van der Waals surface area contributed by atoms with Crippen LogP contribution in [0.4, 0.5) is 5.82 Å². The molecule has 1 saturated heterocycles. The van der Waals surface area contributed by atoms with Crippen molar-refractivity contribution < 1.29 is 0 Å². The zero-order valence-electron chi connectivity index (χ0n) is 11.4. The molecule has 1 aliphatic heterocycles. The summed E-state index contributed by atoms with van der Waals surface area (Å²) < 4.78 is 0. The van der Waals surface area contributed by atoms with Crippen LogP contribution in [0.25, 0.3) is 0 Å². The topological polar surface area (TPSA) is 55.0 Å². The Morgan fingerprint density at radius 2 is 1.79 bits per heavy atom. The number of aromatic nitrogens is 2. The summed E-state index contributed by atoms with van der Waals surface area (Å²) in [6, 6.07) is 0.383. The molecule has 2 aliphatic carbocycles. The summed E-state index contributed by atoms with van der Waals surface area (Å²) in [6.07, 6.45) is 8.32. The third-order valence-corrected chi connectivity index (χ3v) is 4.71. The van der Waals surface area contributed by atoms with Gasteiger partial charge in [-0.3, -0.25) is 0 Å². The smallest absolute Gasteiger partial charge is 0.135 e. The van der Waals surface area contributed by atoms with Crippen molar-refractivity contribution in [3.63, 3.8) is 0 Å². The van der Waals surface area contributed by atoms with E-state index in [-0.39, 0.29) is 0 Å². The van der Waals surface area contributed by atoms with Crippen LogP contribution in [0, 0.1) is 0 Å². The lowest BCUT2D eigenvalue weighted by atomic mass is 10.1. The number of fused-ring (bicyclic) bond motifs is 1. The second kappa shape index (κ2) is 4.44. The van der Waals surface area contributed by atoms with Gasteiger partial charge in [-0.05, 0) is 44.9 Å². The summed E-state index contributed by atoms with van der Waals surface area (Å²) in [5, 5.41) is 0. The highest BCUT2D eigenvalue weighted by Gasteiger charge is 2.31. The Morgan fingerprint density at radius 3 is 2.53 bits per heavy atom. The second-order valence-corrected chi connectivity index (χ2v) is 6.28. The molecular formula is C15H22N4. The van der Waals surface area contributed by atoms with Crippen LogP contribution >= 0.6 is 0 Å². The van der Waals surface area contributed by atoms with Crippen molar-refractivity contribution in [1.29, 1.82) is 0 Å². The number of hydrogen-bond acceptors (Lipinski definition) is 4. The van der Waals surface area contributed by atoms with Crippen LogP contribution in [0.5, 0.6) is 0 Å². The van der Waals surface area contributed by atoms with Crippen LogP contribution in [-0.4, -0.2) is 29.1 Å².